The Balaban J connectivity index is 2.21. The highest BCUT2D eigenvalue weighted by Crippen LogP contribution is 2.33. The van der Waals surface area contributed by atoms with E-state index in [4.69, 9.17) is 4.74 Å². The molecule has 2 heterocycles. The number of hydrogen-bond donors (Lipinski definition) is 1. The molecule has 1 aromatic carbocycles. The molecule has 0 spiro atoms. The van der Waals surface area contributed by atoms with Crippen LogP contribution in [0.4, 0.5) is 4.39 Å². The molecular formula is C17H15BrFNO3S. The number of thiophene rings is 1. The topological polar surface area (TPSA) is 51.5 Å². The molecule has 7 heteroatoms. The number of ether oxygens (including phenoxy) is 1. The third kappa shape index (κ3) is 3.06. The summed E-state index contributed by atoms with van der Waals surface area (Å²) in [6.45, 7) is 2.43. The first-order valence-corrected chi connectivity index (χ1v) is 8.83. The number of carboxylic acids is 1. The van der Waals surface area contributed by atoms with Crippen molar-refractivity contribution < 1.29 is 19.0 Å². The van der Waals surface area contributed by atoms with Gasteiger partial charge in [0.2, 0.25) is 0 Å². The van der Waals surface area contributed by atoms with Gasteiger partial charge in [-0.3, -0.25) is 4.79 Å². The van der Waals surface area contributed by atoms with Crippen molar-refractivity contribution in [3.63, 3.8) is 0 Å². The first kappa shape index (κ1) is 17.0. The van der Waals surface area contributed by atoms with Crippen LogP contribution in [0.3, 0.4) is 0 Å². The summed E-state index contributed by atoms with van der Waals surface area (Å²) in [6.07, 6.45) is -0.113. The number of carbonyl (C=O) groups is 1. The number of benzene rings is 1. The van der Waals surface area contributed by atoms with E-state index < -0.39 is 11.8 Å². The van der Waals surface area contributed by atoms with Gasteiger partial charge in [-0.25, -0.2) is 4.39 Å². The Morgan fingerprint density at radius 3 is 2.75 bits per heavy atom. The number of aromatic nitrogens is 1. The minimum atomic E-state index is -0.917. The monoisotopic (exact) mass is 411 g/mol. The fourth-order valence-corrected chi connectivity index (χ4v) is 4.35. The van der Waals surface area contributed by atoms with E-state index in [-0.39, 0.29) is 12.2 Å². The Bertz CT molecular complexity index is 932. The number of aliphatic carboxylic acids is 1. The van der Waals surface area contributed by atoms with Crippen LogP contribution in [0.2, 0.25) is 0 Å². The van der Waals surface area contributed by atoms with E-state index in [9.17, 15) is 14.3 Å². The highest BCUT2D eigenvalue weighted by atomic mass is 79.9. The number of carboxylic acid groups (broad SMARTS) is 1. The SMILES string of the molecule is COc1cc2c(CC(=O)O)c(C)n(Cc3ccc(Br)s3)c2cc1F. The van der Waals surface area contributed by atoms with Crippen LogP contribution >= 0.6 is 27.3 Å². The Kier molecular flexibility index (Phi) is 4.64. The Labute approximate surface area is 150 Å². The molecule has 0 aliphatic carbocycles. The molecule has 1 N–H and O–H groups in total. The lowest BCUT2D eigenvalue weighted by Crippen LogP contribution is -2.04. The van der Waals surface area contributed by atoms with E-state index in [1.54, 1.807) is 17.4 Å². The van der Waals surface area contributed by atoms with Crippen molar-refractivity contribution in [1.82, 2.24) is 4.57 Å². The van der Waals surface area contributed by atoms with E-state index in [1.165, 1.54) is 13.2 Å². The van der Waals surface area contributed by atoms with Crippen LogP contribution in [-0.4, -0.2) is 22.8 Å². The molecule has 24 heavy (non-hydrogen) atoms. The number of fused-ring (bicyclic) bond motifs is 1. The number of halogens is 2. The van der Waals surface area contributed by atoms with E-state index >= 15 is 0 Å². The molecule has 0 saturated carbocycles. The maximum absolute atomic E-state index is 14.2. The predicted octanol–water partition coefficient (Wildman–Crippen LogP) is 4.60. The van der Waals surface area contributed by atoms with Crippen molar-refractivity contribution in [2.45, 2.75) is 19.9 Å². The number of hydrogen-bond acceptors (Lipinski definition) is 3. The molecule has 0 amide bonds. The van der Waals surface area contributed by atoms with Gasteiger partial charge in [0, 0.05) is 22.0 Å². The minimum Gasteiger partial charge on any atom is -0.494 e. The summed E-state index contributed by atoms with van der Waals surface area (Å²) in [5, 5.41) is 9.93. The molecular weight excluding hydrogens is 397 g/mol. The molecule has 0 fully saturated rings. The lowest BCUT2D eigenvalue weighted by atomic mass is 10.1. The van der Waals surface area contributed by atoms with Gasteiger partial charge in [0.25, 0.3) is 0 Å². The molecule has 2 aromatic heterocycles. The van der Waals surface area contributed by atoms with Gasteiger partial charge in [0.15, 0.2) is 11.6 Å². The molecule has 0 unspecified atom stereocenters. The van der Waals surface area contributed by atoms with Gasteiger partial charge in [0.1, 0.15) is 0 Å². The highest BCUT2D eigenvalue weighted by Gasteiger charge is 2.19. The van der Waals surface area contributed by atoms with Crippen molar-refractivity contribution in [2.75, 3.05) is 7.11 Å². The summed E-state index contributed by atoms with van der Waals surface area (Å²) in [5.74, 6) is -1.26. The van der Waals surface area contributed by atoms with Crippen molar-refractivity contribution in [2.24, 2.45) is 0 Å². The maximum Gasteiger partial charge on any atom is 0.307 e. The predicted molar refractivity (Wildman–Crippen MR) is 95.6 cm³/mol. The van der Waals surface area contributed by atoms with Crippen molar-refractivity contribution in [3.8, 4) is 5.75 Å². The summed E-state index contributed by atoms with van der Waals surface area (Å²) in [7, 11) is 1.40. The fourth-order valence-electron chi connectivity index (χ4n) is 2.87. The molecule has 3 rings (SSSR count). The Morgan fingerprint density at radius 1 is 1.42 bits per heavy atom. The van der Waals surface area contributed by atoms with Crippen LogP contribution in [-0.2, 0) is 17.8 Å². The van der Waals surface area contributed by atoms with E-state index in [0.29, 0.717) is 23.0 Å². The van der Waals surface area contributed by atoms with Crippen LogP contribution in [0.1, 0.15) is 16.1 Å². The van der Waals surface area contributed by atoms with Gasteiger partial charge in [-0.1, -0.05) is 0 Å². The zero-order valence-electron chi connectivity index (χ0n) is 13.1. The van der Waals surface area contributed by atoms with Gasteiger partial charge in [0.05, 0.1) is 29.4 Å². The van der Waals surface area contributed by atoms with Crippen molar-refractivity contribution in [1.29, 1.82) is 0 Å². The fraction of sp³-hybridized carbons (Fsp3) is 0.235. The van der Waals surface area contributed by atoms with Gasteiger partial charge in [-0.05, 0) is 46.6 Å². The molecule has 0 aliphatic heterocycles. The smallest absolute Gasteiger partial charge is 0.307 e. The van der Waals surface area contributed by atoms with E-state index in [2.05, 4.69) is 15.9 Å². The lowest BCUT2D eigenvalue weighted by Gasteiger charge is -2.08. The second kappa shape index (κ2) is 6.57. The maximum atomic E-state index is 14.2. The van der Waals surface area contributed by atoms with Crippen LogP contribution in [0.25, 0.3) is 10.9 Å². The molecule has 126 valence electrons. The first-order valence-electron chi connectivity index (χ1n) is 7.22. The largest absolute Gasteiger partial charge is 0.494 e. The molecule has 3 aromatic rings. The van der Waals surface area contributed by atoms with Crippen LogP contribution < -0.4 is 4.74 Å². The molecule has 0 aliphatic rings. The quantitative estimate of drug-likeness (QED) is 0.667. The second-order valence-corrected chi connectivity index (χ2v) is 7.98. The highest BCUT2D eigenvalue weighted by molar-refractivity contribution is 9.11. The third-order valence-corrected chi connectivity index (χ3v) is 5.61. The average Bonchev–Trinajstić information content (AvgIpc) is 3.03. The van der Waals surface area contributed by atoms with Gasteiger partial charge in [-0.2, -0.15) is 0 Å². The summed E-state index contributed by atoms with van der Waals surface area (Å²) >= 11 is 5.03. The zero-order chi connectivity index (χ0) is 17.4. The molecule has 0 saturated heterocycles. The van der Waals surface area contributed by atoms with Crippen molar-refractivity contribution >= 4 is 44.1 Å². The van der Waals surface area contributed by atoms with E-state index in [1.807, 2.05) is 23.6 Å². The lowest BCUT2D eigenvalue weighted by molar-refractivity contribution is -0.136. The standard InChI is InChI=1S/C17H15BrFNO3S/c1-9-11(6-17(21)22)12-5-15(23-2)13(19)7-14(12)20(9)8-10-3-4-16(18)24-10/h3-5,7H,6,8H2,1-2H3,(H,21,22). The van der Waals surface area contributed by atoms with E-state index in [0.717, 1.165) is 14.4 Å². The number of rotatable bonds is 5. The first-order chi connectivity index (χ1) is 11.4. The second-order valence-electron chi connectivity index (χ2n) is 5.43. The Hall–Kier alpha value is -1.86. The molecule has 0 atom stereocenters. The van der Waals surface area contributed by atoms with Gasteiger partial charge >= 0.3 is 5.97 Å². The summed E-state index contributed by atoms with van der Waals surface area (Å²) in [5.41, 5.74) is 2.18. The number of nitrogens with zero attached hydrogens (tertiary/aromatic N) is 1. The summed E-state index contributed by atoms with van der Waals surface area (Å²) in [6, 6.07) is 6.95. The van der Waals surface area contributed by atoms with Crippen molar-refractivity contribution in [3.05, 3.63) is 50.0 Å². The van der Waals surface area contributed by atoms with Crippen LogP contribution in [0.5, 0.6) is 5.75 Å². The zero-order valence-corrected chi connectivity index (χ0v) is 15.5. The molecule has 0 bridgehead atoms. The van der Waals surface area contributed by atoms with Gasteiger partial charge in [-0.15, -0.1) is 11.3 Å². The average molecular weight is 412 g/mol. The Morgan fingerprint density at radius 2 is 2.17 bits per heavy atom. The summed E-state index contributed by atoms with van der Waals surface area (Å²) < 4.78 is 22.2. The number of methoxy groups -OCH3 is 1. The summed E-state index contributed by atoms with van der Waals surface area (Å²) in [4.78, 5) is 12.3. The van der Waals surface area contributed by atoms with Crippen LogP contribution in [0.15, 0.2) is 28.1 Å². The molecule has 4 nitrogen and oxygen atoms in total. The minimum absolute atomic E-state index is 0.113. The normalized spacial score (nSPS) is 11.2. The van der Waals surface area contributed by atoms with Gasteiger partial charge < -0.3 is 14.4 Å². The van der Waals surface area contributed by atoms with Crippen LogP contribution in [0, 0.1) is 12.7 Å². The molecule has 0 radical (unpaired) electrons. The third-order valence-electron chi connectivity index (χ3n) is 4.00.